The summed E-state index contributed by atoms with van der Waals surface area (Å²) in [7, 11) is 1.39. The molecule has 0 N–H and O–H groups in total. The van der Waals surface area contributed by atoms with Crippen molar-refractivity contribution < 1.29 is 26.3 Å². The largest absolute Gasteiger partial charge is 0.465 e. The molecule has 3 heteroatoms. The Bertz CT molecular complexity index is 475. The Hall–Kier alpha value is -1.32. The van der Waals surface area contributed by atoms with Gasteiger partial charge in [0.2, 0.25) is 0 Å². The summed E-state index contributed by atoms with van der Waals surface area (Å²) >= 11 is 0. The summed E-state index contributed by atoms with van der Waals surface area (Å²) in [5.41, 5.74) is 0.616. The molecule has 2 aromatic rings. The van der Waals surface area contributed by atoms with Crippen LogP contribution in [0.1, 0.15) is 10.4 Å². The van der Waals surface area contributed by atoms with Gasteiger partial charge in [-0.2, -0.15) is 0 Å². The second-order valence-electron chi connectivity index (χ2n) is 3.02. The van der Waals surface area contributed by atoms with Gasteiger partial charge >= 0.3 is 5.97 Å². The van der Waals surface area contributed by atoms with Crippen LogP contribution in [0.3, 0.4) is 0 Å². The van der Waals surface area contributed by atoms with Gasteiger partial charge in [0.25, 0.3) is 0 Å². The second-order valence-corrected chi connectivity index (χ2v) is 3.02. The molecule has 0 saturated heterocycles. The van der Waals surface area contributed by atoms with E-state index in [4.69, 9.17) is 4.74 Å². The Morgan fingerprint density at radius 1 is 1.07 bits per heavy atom. The average molecular weight is 245 g/mol. The second kappa shape index (κ2) is 4.95. The molecule has 0 unspecified atom stereocenters. The molecule has 79 valence electrons. The van der Waals surface area contributed by atoms with Gasteiger partial charge in [-0.05, 0) is 16.8 Å². The third-order valence-corrected chi connectivity index (χ3v) is 2.19. The number of fused-ring (bicyclic) bond motifs is 1. The predicted molar refractivity (Wildman–Crippen MR) is 55.3 cm³/mol. The van der Waals surface area contributed by atoms with E-state index in [1.165, 1.54) is 7.11 Å². The number of ether oxygens (including phenoxy) is 1. The quantitative estimate of drug-likeness (QED) is 0.722. The van der Waals surface area contributed by atoms with Crippen molar-refractivity contribution in [3.8, 4) is 0 Å². The van der Waals surface area contributed by atoms with Crippen molar-refractivity contribution in [1.82, 2.24) is 0 Å². The van der Waals surface area contributed by atoms with Gasteiger partial charge in [0.05, 0.1) is 12.7 Å². The van der Waals surface area contributed by atoms with Gasteiger partial charge in [-0.3, -0.25) is 0 Å². The Kier molecular flexibility index (Phi) is 3.88. The van der Waals surface area contributed by atoms with E-state index in [9.17, 15) is 4.79 Å². The number of carbonyl (C=O) groups is 1. The first kappa shape index (κ1) is 11.7. The van der Waals surface area contributed by atoms with Crippen molar-refractivity contribution in [2.75, 3.05) is 7.11 Å². The van der Waals surface area contributed by atoms with Gasteiger partial charge in [0.1, 0.15) is 0 Å². The Balaban J connectivity index is 0.00000112. The average Bonchev–Trinajstić information content (AvgIpc) is 2.27. The molecule has 0 heterocycles. The fourth-order valence-electron chi connectivity index (χ4n) is 1.51. The maximum Gasteiger partial charge on any atom is 0.338 e. The topological polar surface area (TPSA) is 26.3 Å². The normalized spacial score (nSPS) is 9.40. The summed E-state index contributed by atoms with van der Waals surface area (Å²) in [6, 6.07) is 13.4. The van der Waals surface area contributed by atoms with Crippen molar-refractivity contribution in [3.63, 3.8) is 0 Å². The number of hydrogen-bond acceptors (Lipinski definition) is 2. The molecule has 2 nitrogen and oxygen atoms in total. The number of benzene rings is 2. The summed E-state index contributed by atoms with van der Waals surface area (Å²) in [6.07, 6.45) is 0. The molecule has 0 aliphatic carbocycles. The van der Waals surface area contributed by atoms with Gasteiger partial charge in [-0.15, -0.1) is 0 Å². The Labute approximate surface area is 98.4 Å². The Morgan fingerprint density at radius 2 is 1.73 bits per heavy atom. The van der Waals surface area contributed by atoms with E-state index >= 15 is 0 Å². The van der Waals surface area contributed by atoms with E-state index in [-0.39, 0.29) is 22.7 Å². The van der Waals surface area contributed by atoms with Crippen molar-refractivity contribution in [3.05, 3.63) is 48.0 Å². The summed E-state index contributed by atoms with van der Waals surface area (Å²) in [6.45, 7) is 0. The first-order valence-electron chi connectivity index (χ1n) is 4.39. The van der Waals surface area contributed by atoms with Crippen LogP contribution in [0, 0.1) is 0 Å². The van der Waals surface area contributed by atoms with E-state index in [0.717, 1.165) is 10.8 Å². The van der Waals surface area contributed by atoms with E-state index in [0.29, 0.717) is 5.56 Å². The van der Waals surface area contributed by atoms with E-state index in [1.54, 1.807) is 6.07 Å². The molecule has 1 radical (unpaired) electrons. The van der Waals surface area contributed by atoms with Gasteiger partial charge in [-0.1, -0.05) is 36.4 Å². The maximum atomic E-state index is 11.4. The molecule has 2 rings (SSSR count). The summed E-state index contributed by atoms with van der Waals surface area (Å²) in [5, 5.41) is 1.98. The van der Waals surface area contributed by atoms with Crippen LogP contribution in [0.25, 0.3) is 10.8 Å². The summed E-state index contributed by atoms with van der Waals surface area (Å²) in [5.74, 6) is -0.290. The first-order valence-corrected chi connectivity index (χ1v) is 4.39. The summed E-state index contributed by atoms with van der Waals surface area (Å²) in [4.78, 5) is 11.4. The molecule has 0 aliphatic heterocycles. The molecule has 0 aliphatic rings. The first-order chi connectivity index (χ1) is 6.83. The van der Waals surface area contributed by atoms with Crippen LogP contribution in [0.15, 0.2) is 42.5 Å². The third-order valence-electron chi connectivity index (χ3n) is 2.19. The van der Waals surface area contributed by atoms with Crippen molar-refractivity contribution in [1.29, 1.82) is 0 Å². The predicted octanol–water partition coefficient (Wildman–Crippen LogP) is 2.62. The number of carbonyl (C=O) groups excluding carboxylic acids is 1. The van der Waals surface area contributed by atoms with Gasteiger partial charge in [0.15, 0.2) is 0 Å². The molecule has 0 bridgehead atoms. The van der Waals surface area contributed by atoms with Crippen LogP contribution in [-0.2, 0) is 21.5 Å². The van der Waals surface area contributed by atoms with Gasteiger partial charge < -0.3 is 4.74 Å². The molecule has 0 fully saturated rings. The van der Waals surface area contributed by atoms with Crippen LogP contribution in [0.4, 0.5) is 0 Å². The molecule has 2 aromatic carbocycles. The maximum absolute atomic E-state index is 11.4. The standard InChI is InChI=1S/C12H10O2.Co/c1-14-12(13)11-8-4-6-9-5-2-3-7-10(9)11;/h2-8H,1H3;. The molecule has 0 aromatic heterocycles. The molecule has 15 heavy (non-hydrogen) atoms. The van der Waals surface area contributed by atoms with Crippen LogP contribution < -0.4 is 0 Å². The number of esters is 1. The Morgan fingerprint density at radius 3 is 2.47 bits per heavy atom. The van der Waals surface area contributed by atoms with E-state index in [2.05, 4.69) is 0 Å². The minimum Gasteiger partial charge on any atom is -0.465 e. The number of methoxy groups -OCH3 is 1. The van der Waals surface area contributed by atoms with Crippen molar-refractivity contribution >= 4 is 16.7 Å². The van der Waals surface area contributed by atoms with Crippen LogP contribution in [0.5, 0.6) is 0 Å². The smallest absolute Gasteiger partial charge is 0.338 e. The fraction of sp³-hybridized carbons (Fsp3) is 0.0833. The fourth-order valence-corrected chi connectivity index (χ4v) is 1.51. The monoisotopic (exact) mass is 245 g/mol. The van der Waals surface area contributed by atoms with Gasteiger partial charge in [0, 0.05) is 16.8 Å². The minimum absolute atomic E-state index is 0. The molecule has 0 spiro atoms. The molecule has 0 saturated carbocycles. The van der Waals surface area contributed by atoms with Crippen LogP contribution >= 0.6 is 0 Å². The molecular formula is C12H10CoO2. The zero-order chi connectivity index (χ0) is 9.97. The van der Waals surface area contributed by atoms with Gasteiger partial charge in [-0.25, -0.2) is 4.79 Å². The number of hydrogen-bond donors (Lipinski definition) is 0. The van der Waals surface area contributed by atoms with Crippen molar-refractivity contribution in [2.24, 2.45) is 0 Å². The number of rotatable bonds is 1. The van der Waals surface area contributed by atoms with Crippen LogP contribution in [0.2, 0.25) is 0 Å². The van der Waals surface area contributed by atoms with Crippen LogP contribution in [-0.4, -0.2) is 13.1 Å². The third kappa shape index (κ3) is 2.19. The summed E-state index contributed by atoms with van der Waals surface area (Å²) < 4.78 is 4.71. The van der Waals surface area contributed by atoms with E-state index in [1.807, 2.05) is 36.4 Å². The molecule has 0 amide bonds. The zero-order valence-corrected chi connectivity index (χ0v) is 9.23. The molecular weight excluding hydrogens is 235 g/mol. The van der Waals surface area contributed by atoms with E-state index < -0.39 is 0 Å². The van der Waals surface area contributed by atoms with Crippen molar-refractivity contribution in [2.45, 2.75) is 0 Å². The SMILES string of the molecule is COC(=O)c1cccc2ccccc12.[Co]. The zero-order valence-electron chi connectivity index (χ0n) is 8.19. The molecule has 0 atom stereocenters. The minimum atomic E-state index is -0.290.